The van der Waals surface area contributed by atoms with E-state index >= 15 is 0 Å². The minimum atomic E-state index is -0.438. The second-order valence-corrected chi connectivity index (χ2v) is 3.97. The fraction of sp³-hybridized carbons (Fsp3) is 0.455. The third-order valence-corrected chi connectivity index (χ3v) is 2.77. The number of hydrogen-bond donors (Lipinski definition) is 1. The van der Waals surface area contributed by atoms with Gasteiger partial charge in [-0.3, -0.25) is 0 Å². The van der Waals surface area contributed by atoms with E-state index in [4.69, 9.17) is 0 Å². The Morgan fingerprint density at radius 2 is 2.00 bits per heavy atom. The Labute approximate surface area is 73.0 Å². The van der Waals surface area contributed by atoms with Crippen LogP contribution in [0.2, 0.25) is 0 Å². The molecule has 0 radical (unpaired) electrons. The van der Waals surface area contributed by atoms with Crippen molar-refractivity contribution in [2.45, 2.75) is 31.8 Å². The molecule has 1 heteroatoms. The van der Waals surface area contributed by atoms with E-state index in [2.05, 4.69) is 19.1 Å². The van der Waals surface area contributed by atoms with Crippen molar-refractivity contribution in [2.75, 3.05) is 0 Å². The van der Waals surface area contributed by atoms with Gasteiger partial charge in [0.05, 0.1) is 5.60 Å². The molecule has 0 saturated heterocycles. The van der Waals surface area contributed by atoms with E-state index in [1.54, 1.807) is 0 Å². The van der Waals surface area contributed by atoms with E-state index in [0.717, 1.165) is 6.42 Å². The molecule has 0 unspecified atom stereocenters. The van der Waals surface area contributed by atoms with E-state index in [0.29, 0.717) is 5.92 Å². The van der Waals surface area contributed by atoms with Gasteiger partial charge in [0.25, 0.3) is 0 Å². The zero-order valence-corrected chi connectivity index (χ0v) is 7.54. The van der Waals surface area contributed by atoms with Crippen LogP contribution < -0.4 is 0 Å². The standard InChI is InChI=1S/C11H14O/c1-8-5-3-4-6-9(8)10-7-11(10,2)12/h3-6,10,12H,7H2,1-2H3/t10-,11+/m1/s1. The molecule has 0 spiro atoms. The van der Waals surface area contributed by atoms with Gasteiger partial charge in [-0.1, -0.05) is 24.3 Å². The highest BCUT2D eigenvalue weighted by atomic mass is 16.3. The van der Waals surface area contributed by atoms with Crippen LogP contribution in [0.25, 0.3) is 0 Å². The van der Waals surface area contributed by atoms with Crippen molar-refractivity contribution in [1.82, 2.24) is 0 Å². The Kier molecular flexibility index (Phi) is 1.52. The van der Waals surface area contributed by atoms with Gasteiger partial charge in [-0.2, -0.15) is 0 Å². The zero-order valence-electron chi connectivity index (χ0n) is 7.54. The maximum Gasteiger partial charge on any atom is 0.0696 e. The van der Waals surface area contributed by atoms with Crippen molar-refractivity contribution in [3.8, 4) is 0 Å². The summed E-state index contributed by atoms with van der Waals surface area (Å²) in [6.45, 7) is 4.01. The molecule has 64 valence electrons. The highest BCUT2D eigenvalue weighted by Gasteiger charge is 2.49. The van der Waals surface area contributed by atoms with Crippen LogP contribution >= 0.6 is 0 Å². The van der Waals surface area contributed by atoms with Gasteiger partial charge in [-0.25, -0.2) is 0 Å². The lowest BCUT2D eigenvalue weighted by molar-refractivity contribution is 0.164. The minimum absolute atomic E-state index is 0.374. The predicted molar refractivity (Wildman–Crippen MR) is 49.2 cm³/mol. The van der Waals surface area contributed by atoms with Gasteiger partial charge >= 0.3 is 0 Å². The molecule has 12 heavy (non-hydrogen) atoms. The summed E-state index contributed by atoms with van der Waals surface area (Å²) in [4.78, 5) is 0. The second-order valence-electron chi connectivity index (χ2n) is 3.97. The van der Waals surface area contributed by atoms with Gasteiger partial charge < -0.3 is 5.11 Å². The molecule has 0 aliphatic heterocycles. The molecule has 2 atom stereocenters. The molecule has 0 heterocycles. The Morgan fingerprint density at radius 3 is 2.50 bits per heavy atom. The van der Waals surface area contributed by atoms with E-state index < -0.39 is 5.60 Å². The summed E-state index contributed by atoms with van der Waals surface area (Å²) >= 11 is 0. The van der Waals surface area contributed by atoms with Crippen LogP contribution in [0.15, 0.2) is 24.3 Å². The van der Waals surface area contributed by atoms with Gasteiger partial charge in [0.15, 0.2) is 0 Å². The molecule has 1 fully saturated rings. The maximum absolute atomic E-state index is 9.67. The van der Waals surface area contributed by atoms with Crippen LogP contribution in [-0.2, 0) is 0 Å². The van der Waals surface area contributed by atoms with Gasteiger partial charge in [0.1, 0.15) is 0 Å². The van der Waals surface area contributed by atoms with Crippen LogP contribution in [0.3, 0.4) is 0 Å². The Bertz CT molecular complexity index is 302. The predicted octanol–water partition coefficient (Wildman–Crippen LogP) is 2.23. The van der Waals surface area contributed by atoms with Gasteiger partial charge in [0, 0.05) is 5.92 Å². The molecule has 0 aromatic heterocycles. The van der Waals surface area contributed by atoms with Crippen molar-refractivity contribution in [2.24, 2.45) is 0 Å². The number of benzene rings is 1. The third-order valence-electron chi connectivity index (χ3n) is 2.77. The summed E-state index contributed by atoms with van der Waals surface area (Å²) in [5, 5.41) is 9.67. The van der Waals surface area contributed by atoms with Crippen LogP contribution in [0, 0.1) is 6.92 Å². The molecular weight excluding hydrogens is 148 g/mol. The average molecular weight is 162 g/mol. The second kappa shape index (κ2) is 2.33. The van der Waals surface area contributed by atoms with Gasteiger partial charge in [-0.05, 0) is 31.4 Å². The molecule has 1 N–H and O–H groups in total. The fourth-order valence-electron chi connectivity index (χ4n) is 1.78. The van der Waals surface area contributed by atoms with Crippen LogP contribution in [0.5, 0.6) is 0 Å². The monoisotopic (exact) mass is 162 g/mol. The summed E-state index contributed by atoms with van der Waals surface area (Å²) in [5.41, 5.74) is 2.16. The van der Waals surface area contributed by atoms with Crippen molar-refractivity contribution in [3.05, 3.63) is 35.4 Å². The SMILES string of the molecule is Cc1ccccc1[C@H]1C[C@]1(C)O. The molecule has 0 amide bonds. The highest BCUT2D eigenvalue weighted by molar-refractivity contribution is 5.36. The molecule has 1 aliphatic carbocycles. The van der Waals surface area contributed by atoms with E-state index in [1.165, 1.54) is 11.1 Å². The quantitative estimate of drug-likeness (QED) is 0.671. The molecule has 1 aromatic carbocycles. The van der Waals surface area contributed by atoms with Crippen molar-refractivity contribution in [3.63, 3.8) is 0 Å². The number of aliphatic hydroxyl groups is 1. The van der Waals surface area contributed by atoms with Crippen molar-refractivity contribution >= 4 is 0 Å². The van der Waals surface area contributed by atoms with Gasteiger partial charge in [0.2, 0.25) is 0 Å². The molecular formula is C11H14O. The van der Waals surface area contributed by atoms with E-state index in [1.807, 2.05) is 19.1 Å². The van der Waals surface area contributed by atoms with Crippen LogP contribution in [0.4, 0.5) is 0 Å². The van der Waals surface area contributed by atoms with E-state index in [9.17, 15) is 5.11 Å². The summed E-state index contributed by atoms with van der Waals surface area (Å²) in [5.74, 6) is 0.374. The lowest BCUT2D eigenvalue weighted by Crippen LogP contribution is -2.03. The summed E-state index contributed by atoms with van der Waals surface area (Å²) in [6.07, 6.45) is 0.915. The topological polar surface area (TPSA) is 20.2 Å². The Morgan fingerprint density at radius 1 is 1.42 bits per heavy atom. The Balaban J connectivity index is 2.31. The van der Waals surface area contributed by atoms with Crippen LogP contribution in [0.1, 0.15) is 30.4 Å². The lowest BCUT2D eigenvalue weighted by atomic mass is 10.0. The number of hydrogen-bond acceptors (Lipinski definition) is 1. The number of aryl methyl sites for hydroxylation is 1. The molecule has 2 rings (SSSR count). The third kappa shape index (κ3) is 1.14. The molecule has 0 bridgehead atoms. The lowest BCUT2D eigenvalue weighted by Gasteiger charge is -2.05. The summed E-state index contributed by atoms with van der Waals surface area (Å²) < 4.78 is 0. The van der Waals surface area contributed by atoms with E-state index in [-0.39, 0.29) is 0 Å². The van der Waals surface area contributed by atoms with Crippen molar-refractivity contribution < 1.29 is 5.11 Å². The fourth-order valence-corrected chi connectivity index (χ4v) is 1.78. The molecule has 1 nitrogen and oxygen atoms in total. The highest BCUT2D eigenvalue weighted by Crippen LogP contribution is 2.51. The minimum Gasteiger partial charge on any atom is -0.390 e. The van der Waals surface area contributed by atoms with Gasteiger partial charge in [-0.15, -0.1) is 0 Å². The van der Waals surface area contributed by atoms with Crippen LogP contribution in [-0.4, -0.2) is 10.7 Å². The maximum atomic E-state index is 9.67. The summed E-state index contributed by atoms with van der Waals surface area (Å²) in [7, 11) is 0. The molecule has 1 aliphatic rings. The first-order chi connectivity index (χ1) is 5.61. The normalized spacial score (nSPS) is 33.4. The van der Waals surface area contributed by atoms with Crippen molar-refractivity contribution in [1.29, 1.82) is 0 Å². The average Bonchev–Trinajstić information content (AvgIpc) is 2.61. The first-order valence-electron chi connectivity index (χ1n) is 4.39. The first-order valence-corrected chi connectivity index (χ1v) is 4.39. The first kappa shape index (κ1) is 7.81. The number of rotatable bonds is 1. The smallest absolute Gasteiger partial charge is 0.0696 e. The molecule has 1 saturated carbocycles. The Hall–Kier alpha value is -0.820. The summed E-state index contributed by atoms with van der Waals surface area (Å²) in [6, 6.07) is 8.29. The largest absolute Gasteiger partial charge is 0.390 e. The zero-order chi connectivity index (χ0) is 8.77. The molecule has 1 aromatic rings.